The van der Waals surface area contributed by atoms with Gasteiger partial charge in [0.05, 0.1) is 19.4 Å². The monoisotopic (exact) mass is 606 g/mol. The highest BCUT2D eigenvalue weighted by Crippen LogP contribution is 2.33. The van der Waals surface area contributed by atoms with Crippen LogP contribution < -0.4 is 29.2 Å². The maximum absolute atomic E-state index is 13.4. The standard InChI is InChI=1S/C36H34N2O7/c1-5-43-33-19-26(18-29-34(39)37-36(41)38(35(29)40)28-14-11-23(2)24(3)17-28)12-15-31(33)45-22-27-13-16-30(32(20-27)42-4)44-21-25-9-7-6-8-10-25/h6-20H,5,21-22H2,1-4H3,(H,37,39,41)/b29-18-. The number of urea groups is 1. The molecule has 0 atom stereocenters. The summed E-state index contributed by atoms with van der Waals surface area (Å²) in [5.74, 6) is 0.643. The van der Waals surface area contributed by atoms with Gasteiger partial charge in [0, 0.05) is 0 Å². The molecule has 0 radical (unpaired) electrons. The lowest BCUT2D eigenvalue weighted by Crippen LogP contribution is -2.54. The van der Waals surface area contributed by atoms with Crippen molar-refractivity contribution < 1.29 is 33.3 Å². The van der Waals surface area contributed by atoms with E-state index in [1.165, 1.54) is 6.08 Å². The van der Waals surface area contributed by atoms with Gasteiger partial charge in [0.25, 0.3) is 11.8 Å². The third-order valence-electron chi connectivity index (χ3n) is 7.29. The van der Waals surface area contributed by atoms with Crippen LogP contribution in [0.25, 0.3) is 6.08 Å². The molecule has 0 aliphatic carbocycles. The van der Waals surface area contributed by atoms with Crippen molar-refractivity contribution in [2.45, 2.75) is 34.0 Å². The minimum absolute atomic E-state index is 0.175. The van der Waals surface area contributed by atoms with E-state index in [2.05, 4.69) is 5.32 Å². The number of carbonyl (C=O) groups is 3. The number of nitrogens with zero attached hydrogens (tertiary/aromatic N) is 1. The lowest BCUT2D eigenvalue weighted by Gasteiger charge is -2.27. The molecule has 0 aromatic heterocycles. The van der Waals surface area contributed by atoms with Crippen LogP contribution in [0.1, 0.15) is 34.7 Å². The number of aryl methyl sites for hydroxylation is 2. The summed E-state index contributed by atoms with van der Waals surface area (Å²) in [6, 6.07) is 25.0. The Balaban J connectivity index is 1.32. The van der Waals surface area contributed by atoms with Crippen LogP contribution in [0.15, 0.2) is 90.5 Å². The summed E-state index contributed by atoms with van der Waals surface area (Å²) in [6.45, 7) is 6.68. The smallest absolute Gasteiger partial charge is 0.335 e. The second-order valence-corrected chi connectivity index (χ2v) is 10.4. The second-order valence-electron chi connectivity index (χ2n) is 10.4. The van der Waals surface area contributed by atoms with Crippen molar-refractivity contribution in [3.63, 3.8) is 0 Å². The molecule has 4 amide bonds. The fraction of sp³-hybridized carbons (Fsp3) is 0.194. The van der Waals surface area contributed by atoms with E-state index < -0.39 is 17.8 Å². The van der Waals surface area contributed by atoms with E-state index in [1.54, 1.807) is 37.4 Å². The van der Waals surface area contributed by atoms with Crippen LogP contribution in [0.2, 0.25) is 0 Å². The molecule has 4 aromatic carbocycles. The minimum atomic E-state index is -0.795. The van der Waals surface area contributed by atoms with Gasteiger partial charge in [0.2, 0.25) is 0 Å². The molecule has 9 nitrogen and oxygen atoms in total. The summed E-state index contributed by atoms with van der Waals surface area (Å²) >= 11 is 0. The van der Waals surface area contributed by atoms with E-state index in [1.807, 2.05) is 75.4 Å². The zero-order chi connectivity index (χ0) is 31.9. The quantitative estimate of drug-likeness (QED) is 0.153. The molecule has 0 spiro atoms. The Morgan fingerprint density at radius 1 is 0.711 bits per heavy atom. The van der Waals surface area contributed by atoms with Crippen LogP contribution >= 0.6 is 0 Å². The summed E-state index contributed by atoms with van der Waals surface area (Å²) in [7, 11) is 1.59. The number of imide groups is 2. The van der Waals surface area contributed by atoms with Gasteiger partial charge in [0.15, 0.2) is 23.0 Å². The number of anilines is 1. The summed E-state index contributed by atoms with van der Waals surface area (Å²) in [6.07, 6.45) is 1.43. The summed E-state index contributed by atoms with van der Waals surface area (Å²) in [5.41, 5.74) is 4.57. The molecule has 9 heteroatoms. The fourth-order valence-electron chi connectivity index (χ4n) is 4.74. The largest absolute Gasteiger partial charge is 0.493 e. The molecule has 1 saturated heterocycles. The maximum Gasteiger partial charge on any atom is 0.335 e. The number of hydrogen-bond donors (Lipinski definition) is 1. The van der Waals surface area contributed by atoms with Crippen molar-refractivity contribution in [1.82, 2.24) is 5.32 Å². The van der Waals surface area contributed by atoms with Gasteiger partial charge in [-0.15, -0.1) is 0 Å². The number of barbiturate groups is 1. The summed E-state index contributed by atoms with van der Waals surface area (Å²) in [4.78, 5) is 39.7. The van der Waals surface area contributed by atoms with Crippen LogP contribution in [0, 0.1) is 13.8 Å². The highest BCUT2D eigenvalue weighted by atomic mass is 16.5. The van der Waals surface area contributed by atoms with Gasteiger partial charge >= 0.3 is 6.03 Å². The molecule has 5 rings (SSSR count). The molecule has 230 valence electrons. The Bertz CT molecular complexity index is 1760. The molecule has 4 aromatic rings. The zero-order valence-corrected chi connectivity index (χ0v) is 25.6. The van der Waals surface area contributed by atoms with E-state index in [9.17, 15) is 14.4 Å². The van der Waals surface area contributed by atoms with E-state index >= 15 is 0 Å². The third kappa shape index (κ3) is 7.15. The lowest BCUT2D eigenvalue weighted by molar-refractivity contribution is -0.122. The number of rotatable bonds is 11. The number of nitrogens with one attached hydrogen (secondary N) is 1. The number of amides is 4. The number of carbonyl (C=O) groups excluding carboxylic acids is 3. The van der Waals surface area contributed by atoms with Crippen LogP contribution in [-0.2, 0) is 22.8 Å². The van der Waals surface area contributed by atoms with Crippen molar-refractivity contribution in [3.05, 3.63) is 118 Å². The lowest BCUT2D eigenvalue weighted by atomic mass is 10.0. The highest BCUT2D eigenvalue weighted by Gasteiger charge is 2.37. The average Bonchev–Trinajstić information content (AvgIpc) is 3.04. The van der Waals surface area contributed by atoms with Crippen LogP contribution in [0.3, 0.4) is 0 Å². The van der Waals surface area contributed by atoms with Gasteiger partial charge in [-0.1, -0.05) is 48.5 Å². The topological polar surface area (TPSA) is 103 Å². The molecule has 1 N–H and O–H groups in total. The van der Waals surface area contributed by atoms with Crippen molar-refractivity contribution in [2.24, 2.45) is 0 Å². The van der Waals surface area contributed by atoms with Crippen LogP contribution in [0.4, 0.5) is 10.5 Å². The Morgan fingerprint density at radius 2 is 1.42 bits per heavy atom. The Kier molecular flexibility index (Phi) is 9.48. The zero-order valence-electron chi connectivity index (χ0n) is 25.6. The third-order valence-corrected chi connectivity index (χ3v) is 7.29. The van der Waals surface area contributed by atoms with Gasteiger partial charge in [-0.05, 0) is 91.1 Å². The summed E-state index contributed by atoms with van der Waals surface area (Å²) < 4.78 is 23.4. The Labute approximate surface area is 262 Å². The molecule has 1 aliphatic heterocycles. The van der Waals surface area contributed by atoms with E-state index in [0.29, 0.717) is 47.5 Å². The van der Waals surface area contributed by atoms with E-state index in [4.69, 9.17) is 18.9 Å². The molecule has 1 fully saturated rings. The van der Waals surface area contributed by atoms with Gasteiger partial charge in [0.1, 0.15) is 18.8 Å². The average molecular weight is 607 g/mol. The first kappa shape index (κ1) is 30.9. The number of benzene rings is 4. The van der Waals surface area contributed by atoms with Crippen molar-refractivity contribution in [2.75, 3.05) is 18.6 Å². The van der Waals surface area contributed by atoms with Crippen molar-refractivity contribution in [3.8, 4) is 23.0 Å². The highest BCUT2D eigenvalue weighted by molar-refractivity contribution is 6.39. The van der Waals surface area contributed by atoms with E-state index in [0.717, 1.165) is 27.2 Å². The molecule has 45 heavy (non-hydrogen) atoms. The van der Waals surface area contributed by atoms with Crippen LogP contribution in [0.5, 0.6) is 23.0 Å². The molecule has 1 heterocycles. The van der Waals surface area contributed by atoms with Gasteiger partial charge in [-0.3, -0.25) is 14.9 Å². The van der Waals surface area contributed by atoms with Crippen LogP contribution in [-0.4, -0.2) is 31.6 Å². The predicted octanol–water partition coefficient (Wildman–Crippen LogP) is 6.54. The maximum atomic E-state index is 13.4. The SMILES string of the molecule is CCOc1cc(/C=C2/C(=O)NC(=O)N(c3ccc(C)c(C)c3)C2=O)ccc1OCc1ccc(OCc2ccccc2)c(OC)c1. The van der Waals surface area contributed by atoms with Crippen molar-refractivity contribution in [1.29, 1.82) is 0 Å². The molecular weight excluding hydrogens is 572 g/mol. The van der Waals surface area contributed by atoms with Crippen molar-refractivity contribution >= 4 is 29.6 Å². The minimum Gasteiger partial charge on any atom is -0.493 e. The summed E-state index contributed by atoms with van der Waals surface area (Å²) in [5, 5.41) is 2.27. The Morgan fingerprint density at radius 3 is 2.13 bits per heavy atom. The first-order valence-corrected chi connectivity index (χ1v) is 14.5. The molecule has 0 bridgehead atoms. The first-order chi connectivity index (χ1) is 21.8. The molecule has 1 aliphatic rings. The van der Waals surface area contributed by atoms with Gasteiger partial charge in [-0.2, -0.15) is 0 Å². The first-order valence-electron chi connectivity index (χ1n) is 14.5. The fourth-order valence-corrected chi connectivity index (χ4v) is 4.74. The Hall–Kier alpha value is -5.57. The number of ether oxygens (including phenoxy) is 4. The normalized spacial score (nSPS) is 13.9. The molecule has 0 saturated carbocycles. The predicted molar refractivity (Wildman–Crippen MR) is 171 cm³/mol. The van der Waals surface area contributed by atoms with Gasteiger partial charge in [-0.25, -0.2) is 9.69 Å². The molecule has 0 unspecified atom stereocenters. The second kappa shape index (κ2) is 13.8. The van der Waals surface area contributed by atoms with E-state index in [-0.39, 0.29) is 12.2 Å². The number of methoxy groups -OCH3 is 1. The molecular formula is C36H34N2O7. The van der Waals surface area contributed by atoms with Gasteiger partial charge < -0.3 is 18.9 Å². The number of hydrogen-bond acceptors (Lipinski definition) is 7.